The zero-order chi connectivity index (χ0) is 13.9. The van der Waals surface area contributed by atoms with Crippen LogP contribution in [0.25, 0.3) is 0 Å². The predicted octanol–water partition coefficient (Wildman–Crippen LogP) is 3.84. The van der Waals surface area contributed by atoms with Gasteiger partial charge in [0, 0.05) is 15.7 Å². The first-order valence-electron chi connectivity index (χ1n) is 6.94. The molecule has 104 valence electrons. The summed E-state index contributed by atoms with van der Waals surface area (Å²) in [6.45, 7) is 2.57. The van der Waals surface area contributed by atoms with Crippen LogP contribution in [0.15, 0.2) is 53.4 Å². The molecular weight excluding hydrogens is 268 g/mol. The smallest absolute Gasteiger partial charge is 0.125 e. The zero-order valence-electron chi connectivity index (χ0n) is 11.5. The van der Waals surface area contributed by atoms with Gasteiger partial charge in [-0.2, -0.15) is 0 Å². The minimum Gasteiger partial charge on any atom is -0.493 e. The van der Waals surface area contributed by atoms with Crippen molar-refractivity contribution in [3.63, 3.8) is 0 Å². The number of hydrogen-bond acceptors (Lipinski definition) is 3. The molecule has 2 atom stereocenters. The van der Waals surface area contributed by atoms with Crippen LogP contribution in [0.3, 0.4) is 0 Å². The number of hydrogen-bond donors (Lipinski definition) is 1. The Balaban J connectivity index is 1.83. The molecule has 2 unspecified atom stereocenters. The molecule has 1 heterocycles. The third-order valence-corrected chi connectivity index (χ3v) is 4.94. The van der Waals surface area contributed by atoms with Gasteiger partial charge in [0.15, 0.2) is 0 Å². The zero-order valence-corrected chi connectivity index (χ0v) is 12.3. The lowest BCUT2D eigenvalue weighted by Gasteiger charge is -2.20. The minimum absolute atomic E-state index is 0.161. The van der Waals surface area contributed by atoms with Gasteiger partial charge in [-0.15, -0.1) is 11.8 Å². The van der Waals surface area contributed by atoms with Gasteiger partial charge in [-0.25, -0.2) is 0 Å². The van der Waals surface area contributed by atoms with Crippen LogP contribution in [0.1, 0.15) is 24.2 Å². The summed E-state index contributed by atoms with van der Waals surface area (Å²) < 4.78 is 5.63. The first-order chi connectivity index (χ1) is 9.79. The maximum absolute atomic E-state index is 10.7. The highest BCUT2D eigenvalue weighted by Crippen LogP contribution is 2.43. The number of fused-ring (bicyclic) bond motifs is 1. The molecular formula is C17H18O2S. The molecule has 0 fully saturated rings. The van der Waals surface area contributed by atoms with Crippen LogP contribution in [0.5, 0.6) is 5.75 Å². The summed E-state index contributed by atoms with van der Waals surface area (Å²) in [4.78, 5) is 1.28. The van der Waals surface area contributed by atoms with Gasteiger partial charge in [0.2, 0.25) is 0 Å². The molecule has 1 N–H and O–H groups in total. The maximum Gasteiger partial charge on any atom is 0.125 e. The largest absolute Gasteiger partial charge is 0.493 e. The molecule has 3 heteroatoms. The number of para-hydroxylation sites is 1. The number of aliphatic hydroxyl groups excluding tert-OH is 1. The van der Waals surface area contributed by atoms with Gasteiger partial charge in [0.05, 0.1) is 12.7 Å². The average Bonchev–Trinajstić information content (AvgIpc) is 2.91. The van der Waals surface area contributed by atoms with E-state index in [9.17, 15) is 5.11 Å². The molecule has 0 bridgehead atoms. The van der Waals surface area contributed by atoms with Crippen molar-refractivity contribution in [2.24, 2.45) is 0 Å². The highest BCUT2D eigenvalue weighted by molar-refractivity contribution is 8.00. The highest BCUT2D eigenvalue weighted by atomic mass is 32.2. The first-order valence-corrected chi connectivity index (χ1v) is 7.82. The predicted molar refractivity (Wildman–Crippen MR) is 82.4 cm³/mol. The molecule has 2 aromatic carbocycles. The molecule has 0 amide bonds. The van der Waals surface area contributed by atoms with E-state index in [1.807, 2.05) is 31.2 Å². The lowest BCUT2D eigenvalue weighted by molar-refractivity contribution is 0.169. The second-order valence-electron chi connectivity index (χ2n) is 4.88. The molecule has 0 aromatic heterocycles. The van der Waals surface area contributed by atoms with Crippen molar-refractivity contribution >= 4 is 11.8 Å². The lowest BCUT2D eigenvalue weighted by Crippen LogP contribution is -2.15. The van der Waals surface area contributed by atoms with E-state index in [1.165, 1.54) is 10.5 Å². The van der Waals surface area contributed by atoms with Gasteiger partial charge in [0.25, 0.3) is 0 Å². The summed E-state index contributed by atoms with van der Waals surface area (Å²) in [5, 5.41) is 10.9. The summed E-state index contributed by atoms with van der Waals surface area (Å²) in [5.74, 6) is 0.791. The number of aliphatic hydroxyl groups is 1. The standard InChI is InChI=1S/C17H18O2S/c1-2-19-14-9-5-4-8-13(14)17(18)16-11-12-7-3-6-10-15(12)20-16/h3-10,16-18H,2,11H2,1H3. The van der Waals surface area contributed by atoms with Crippen molar-refractivity contribution in [1.82, 2.24) is 0 Å². The van der Waals surface area contributed by atoms with Crippen LogP contribution >= 0.6 is 11.8 Å². The van der Waals surface area contributed by atoms with Crippen molar-refractivity contribution < 1.29 is 9.84 Å². The van der Waals surface area contributed by atoms with Crippen molar-refractivity contribution in [2.75, 3.05) is 6.61 Å². The molecule has 0 radical (unpaired) electrons. The average molecular weight is 286 g/mol. The summed E-state index contributed by atoms with van der Waals surface area (Å²) in [5.41, 5.74) is 2.22. The maximum atomic E-state index is 10.7. The van der Waals surface area contributed by atoms with Crippen LogP contribution in [-0.2, 0) is 6.42 Å². The van der Waals surface area contributed by atoms with Crippen LogP contribution in [0.2, 0.25) is 0 Å². The van der Waals surface area contributed by atoms with E-state index >= 15 is 0 Å². The fourth-order valence-electron chi connectivity index (χ4n) is 2.60. The third kappa shape index (κ3) is 2.56. The van der Waals surface area contributed by atoms with Crippen LogP contribution in [0.4, 0.5) is 0 Å². The summed E-state index contributed by atoms with van der Waals surface area (Å²) in [7, 11) is 0. The Bertz CT molecular complexity index is 572. The summed E-state index contributed by atoms with van der Waals surface area (Å²) in [6, 6.07) is 16.2. The van der Waals surface area contributed by atoms with E-state index in [0.717, 1.165) is 17.7 Å². The number of thioether (sulfide) groups is 1. The molecule has 0 spiro atoms. The molecule has 1 aliphatic rings. The number of benzene rings is 2. The summed E-state index contributed by atoms with van der Waals surface area (Å²) >= 11 is 1.76. The quantitative estimate of drug-likeness (QED) is 0.926. The van der Waals surface area contributed by atoms with Gasteiger partial charge in [-0.3, -0.25) is 0 Å². The van der Waals surface area contributed by atoms with Crippen molar-refractivity contribution in [3.05, 3.63) is 59.7 Å². The molecule has 0 aliphatic carbocycles. The van der Waals surface area contributed by atoms with E-state index in [4.69, 9.17) is 4.74 Å². The molecule has 0 saturated heterocycles. The second kappa shape index (κ2) is 5.90. The molecule has 1 aliphatic heterocycles. The Labute approximate surface area is 123 Å². The van der Waals surface area contributed by atoms with Gasteiger partial charge < -0.3 is 9.84 Å². The Hall–Kier alpha value is -1.45. The van der Waals surface area contributed by atoms with Crippen LogP contribution in [-0.4, -0.2) is 17.0 Å². The van der Waals surface area contributed by atoms with E-state index in [2.05, 4.69) is 24.3 Å². The first kappa shape index (κ1) is 13.5. The van der Waals surface area contributed by atoms with Crippen LogP contribution < -0.4 is 4.74 Å². The normalized spacial score (nSPS) is 18.6. The molecule has 20 heavy (non-hydrogen) atoms. The Kier molecular flexibility index (Phi) is 3.99. The number of rotatable bonds is 4. The fraction of sp³-hybridized carbons (Fsp3) is 0.294. The van der Waals surface area contributed by atoms with Gasteiger partial charge in [-0.05, 0) is 31.0 Å². The van der Waals surface area contributed by atoms with E-state index in [1.54, 1.807) is 11.8 Å². The Morgan fingerprint density at radius 3 is 2.75 bits per heavy atom. The minimum atomic E-state index is -0.504. The SMILES string of the molecule is CCOc1ccccc1C(O)C1Cc2ccccc2S1. The van der Waals surface area contributed by atoms with Crippen molar-refractivity contribution in [2.45, 2.75) is 29.6 Å². The monoisotopic (exact) mass is 286 g/mol. The Morgan fingerprint density at radius 2 is 1.95 bits per heavy atom. The second-order valence-corrected chi connectivity index (χ2v) is 6.16. The van der Waals surface area contributed by atoms with E-state index in [0.29, 0.717) is 6.61 Å². The fourth-order valence-corrected chi connectivity index (χ4v) is 3.92. The topological polar surface area (TPSA) is 29.5 Å². The van der Waals surface area contributed by atoms with Gasteiger partial charge in [-0.1, -0.05) is 36.4 Å². The van der Waals surface area contributed by atoms with Gasteiger partial charge >= 0.3 is 0 Å². The third-order valence-electron chi connectivity index (χ3n) is 3.56. The Morgan fingerprint density at radius 1 is 1.20 bits per heavy atom. The van der Waals surface area contributed by atoms with E-state index in [-0.39, 0.29) is 5.25 Å². The van der Waals surface area contributed by atoms with Crippen LogP contribution in [0, 0.1) is 0 Å². The van der Waals surface area contributed by atoms with Crippen molar-refractivity contribution in [3.8, 4) is 5.75 Å². The molecule has 2 aromatic rings. The van der Waals surface area contributed by atoms with E-state index < -0.39 is 6.10 Å². The molecule has 3 rings (SSSR count). The lowest BCUT2D eigenvalue weighted by atomic mass is 10.0. The highest BCUT2D eigenvalue weighted by Gasteiger charge is 2.30. The summed E-state index contributed by atoms with van der Waals surface area (Å²) in [6.07, 6.45) is 0.401. The molecule has 2 nitrogen and oxygen atoms in total. The molecule has 0 saturated carbocycles. The van der Waals surface area contributed by atoms with Crippen molar-refractivity contribution in [1.29, 1.82) is 0 Å². The van der Waals surface area contributed by atoms with Gasteiger partial charge in [0.1, 0.15) is 5.75 Å². The number of ether oxygens (including phenoxy) is 1.